The molecule has 0 unspecified atom stereocenters. The van der Waals surface area contributed by atoms with E-state index < -0.39 is 11.9 Å². The van der Waals surface area contributed by atoms with Crippen molar-refractivity contribution >= 4 is 11.9 Å². The van der Waals surface area contributed by atoms with Crippen LogP contribution in [0.3, 0.4) is 0 Å². The largest absolute Gasteiger partial charge is 0.481 e. The van der Waals surface area contributed by atoms with Gasteiger partial charge in [0.15, 0.2) is 0 Å². The van der Waals surface area contributed by atoms with Crippen molar-refractivity contribution in [2.75, 3.05) is 19.6 Å². The number of carbonyl (C=O) groups is 2. The van der Waals surface area contributed by atoms with Crippen molar-refractivity contribution in [1.82, 2.24) is 5.32 Å². The molecule has 0 rings (SSSR count). The molecule has 0 saturated heterocycles. The standard InChI is InChI=1S/C17H38N2.2C2H4O2/c1-2-3-4-5-6-7-8-9-10-11-12-13-16-19-17-14-15-18;2*1-2(3)4/h19H,2-18H2,1H3;2*1H3,(H,3,4). The molecule has 5 N–H and O–H groups in total. The molecular formula is C21H46N2O4. The van der Waals surface area contributed by atoms with Crippen LogP contribution < -0.4 is 11.1 Å². The molecule has 0 amide bonds. The minimum Gasteiger partial charge on any atom is -0.481 e. The minimum atomic E-state index is -0.833. The third-order valence-corrected chi connectivity index (χ3v) is 3.76. The van der Waals surface area contributed by atoms with Crippen molar-refractivity contribution in [2.45, 2.75) is 104 Å². The topological polar surface area (TPSA) is 113 Å². The number of carboxylic acid groups (broad SMARTS) is 2. The molecule has 0 aliphatic heterocycles. The predicted molar refractivity (Wildman–Crippen MR) is 114 cm³/mol. The second kappa shape index (κ2) is 29.6. The van der Waals surface area contributed by atoms with Crippen LogP contribution >= 0.6 is 0 Å². The van der Waals surface area contributed by atoms with Crippen LogP contribution in [0.5, 0.6) is 0 Å². The lowest BCUT2D eigenvalue weighted by molar-refractivity contribution is -0.135. The summed E-state index contributed by atoms with van der Waals surface area (Å²) in [5.41, 5.74) is 5.44. The first-order chi connectivity index (χ1) is 12.9. The Bertz CT molecular complexity index is 264. The van der Waals surface area contributed by atoms with Crippen molar-refractivity contribution in [3.05, 3.63) is 0 Å². The summed E-state index contributed by atoms with van der Waals surface area (Å²) in [6, 6.07) is 0. The van der Waals surface area contributed by atoms with Crippen LogP contribution in [-0.4, -0.2) is 41.8 Å². The maximum absolute atomic E-state index is 9.00. The summed E-state index contributed by atoms with van der Waals surface area (Å²) in [6.07, 6.45) is 18.2. The fourth-order valence-corrected chi connectivity index (χ4v) is 2.44. The van der Waals surface area contributed by atoms with Crippen LogP contribution in [0, 0.1) is 0 Å². The fourth-order valence-electron chi connectivity index (χ4n) is 2.44. The van der Waals surface area contributed by atoms with Gasteiger partial charge in [0.1, 0.15) is 0 Å². The first-order valence-corrected chi connectivity index (χ1v) is 10.7. The minimum absolute atomic E-state index is 0.811. The number of rotatable bonds is 16. The quantitative estimate of drug-likeness (QED) is 0.281. The Hall–Kier alpha value is -1.14. The van der Waals surface area contributed by atoms with E-state index in [1.807, 2.05) is 0 Å². The molecule has 0 aromatic carbocycles. The Kier molecular flexibility index (Phi) is 33.5. The van der Waals surface area contributed by atoms with E-state index in [0.717, 1.165) is 33.4 Å². The van der Waals surface area contributed by atoms with Crippen molar-refractivity contribution in [1.29, 1.82) is 0 Å². The highest BCUT2D eigenvalue weighted by Gasteiger charge is 1.93. The molecular weight excluding hydrogens is 344 g/mol. The molecule has 6 heteroatoms. The zero-order valence-corrected chi connectivity index (χ0v) is 18.1. The van der Waals surface area contributed by atoms with E-state index in [4.69, 9.17) is 25.5 Å². The van der Waals surface area contributed by atoms with Crippen LogP contribution in [0.1, 0.15) is 104 Å². The van der Waals surface area contributed by atoms with E-state index in [2.05, 4.69) is 12.2 Å². The van der Waals surface area contributed by atoms with Crippen molar-refractivity contribution in [3.8, 4) is 0 Å². The van der Waals surface area contributed by atoms with E-state index in [0.29, 0.717) is 0 Å². The number of nitrogens with two attached hydrogens (primary N) is 1. The van der Waals surface area contributed by atoms with Gasteiger partial charge in [-0.3, -0.25) is 9.59 Å². The Morgan fingerprint density at radius 3 is 1.30 bits per heavy atom. The molecule has 0 bridgehead atoms. The monoisotopic (exact) mass is 390 g/mol. The normalized spacial score (nSPS) is 9.63. The molecule has 27 heavy (non-hydrogen) atoms. The summed E-state index contributed by atoms with van der Waals surface area (Å²) in [5.74, 6) is -1.67. The van der Waals surface area contributed by atoms with Crippen molar-refractivity contribution < 1.29 is 19.8 Å². The van der Waals surface area contributed by atoms with Gasteiger partial charge in [0.25, 0.3) is 11.9 Å². The van der Waals surface area contributed by atoms with Gasteiger partial charge in [-0.1, -0.05) is 77.6 Å². The zero-order valence-electron chi connectivity index (χ0n) is 18.1. The molecule has 164 valence electrons. The van der Waals surface area contributed by atoms with Crippen molar-refractivity contribution in [3.63, 3.8) is 0 Å². The highest BCUT2D eigenvalue weighted by Crippen LogP contribution is 2.11. The lowest BCUT2D eigenvalue weighted by Gasteiger charge is -2.04. The van der Waals surface area contributed by atoms with E-state index in [1.54, 1.807) is 0 Å². The van der Waals surface area contributed by atoms with Crippen LogP contribution in [0.25, 0.3) is 0 Å². The number of hydrogen-bond acceptors (Lipinski definition) is 4. The Morgan fingerprint density at radius 2 is 0.963 bits per heavy atom. The van der Waals surface area contributed by atoms with Crippen LogP contribution in [-0.2, 0) is 9.59 Å². The van der Waals surface area contributed by atoms with Crippen LogP contribution in [0.4, 0.5) is 0 Å². The predicted octanol–water partition coefficient (Wildman–Crippen LogP) is 4.81. The zero-order chi connectivity index (χ0) is 21.2. The third-order valence-electron chi connectivity index (χ3n) is 3.76. The molecule has 0 aromatic rings. The molecule has 0 heterocycles. The van der Waals surface area contributed by atoms with Gasteiger partial charge in [0, 0.05) is 13.8 Å². The first kappa shape index (κ1) is 30.6. The van der Waals surface area contributed by atoms with Gasteiger partial charge in [0.2, 0.25) is 0 Å². The number of unbranched alkanes of at least 4 members (excludes halogenated alkanes) is 11. The van der Waals surface area contributed by atoms with Crippen LogP contribution in [0.15, 0.2) is 0 Å². The summed E-state index contributed by atoms with van der Waals surface area (Å²) < 4.78 is 0. The smallest absolute Gasteiger partial charge is 0.300 e. The summed E-state index contributed by atoms with van der Waals surface area (Å²) in [6.45, 7) is 7.53. The lowest BCUT2D eigenvalue weighted by Crippen LogP contribution is -2.19. The van der Waals surface area contributed by atoms with Gasteiger partial charge in [-0.15, -0.1) is 0 Å². The summed E-state index contributed by atoms with van der Waals surface area (Å²) in [7, 11) is 0. The number of hydrogen-bond donors (Lipinski definition) is 4. The molecule has 0 fully saturated rings. The Labute approximate surface area is 167 Å². The fraction of sp³-hybridized carbons (Fsp3) is 0.905. The van der Waals surface area contributed by atoms with Gasteiger partial charge in [-0.25, -0.2) is 0 Å². The number of nitrogens with one attached hydrogen (secondary N) is 1. The van der Waals surface area contributed by atoms with E-state index in [9.17, 15) is 0 Å². The average Bonchev–Trinajstić information content (AvgIpc) is 2.57. The molecule has 0 saturated carbocycles. The molecule has 0 spiro atoms. The highest BCUT2D eigenvalue weighted by molar-refractivity contribution is 5.63. The van der Waals surface area contributed by atoms with Crippen LogP contribution in [0.2, 0.25) is 0 Å². The second-order valence-corrected chi connectivity index (χ2v) is 6.82. The van der Waals surface area contributed by atoms with Gasteiger partial charge >= 0.3 is 0 Å². The van der Waals surface area contributed by atoms with E-state index >= 15 is 0 Å². The van der Waals surface area contributed by atoms with Gasteiger partial charge in [0.05, 0.1) is 0 Å². The molecule has 6 nitrogen and oxygen atoms in total. The number of carboxylic acids is 2. The van der Waals surface area contributed by atoms with Crippen molar-refractivity contribution in [2.24, 2.45) is 5.73 Å². The Morgan fingerprint density at radius 1 is 0.667 bits per heavy atom. The van der Waals surface area contributed by atoms with Gasteiger partial charge < -0.3 is 21.3 Å². The lowest BCUT2D eigenvalue weighted by atomic mass is 10.1. The summed E-state index contributed by atoms with van der Waals surface area (Å²) in [5, 5.41) is 18.3. The molecule has 0 aromatic heterocycles. The van der Waals surface area contributed by atoms with E-state index in [-0.39, 0.29) is 0 Å². The SMILES string of the molecule is CC(=O)O.CC(=O)O.CCCCCCCCCCCCCCNCCCN. The molecule has 0 aliphatic carbocycles. The molecule has 0 atom stereocenters. The molecule has 0 radical (unpaired) electrons. The summed E-state index contributed by atoms with van der Waals surface area (Å²) >= 11 is 0. The summed E-state index contributed by atoms with van der Waals surface area (Å²) in [4.78, 5) is 18.0. The third kappa shape index (κ3) is 58.8. The molecule has 0 aliphatic rings. The maximum atomic E-state index is 9.00. The second-order valence-electron chi connectivity index (χ2n) is 6.82. The van der Waals surface area contributed by atoms with Gasteiger partial charge in [-0.05, 0) is 32.5 Å². The highest BCUT2D eigenvalue weighted by atomic mass is 16.4. The van der Waals surface area contributed by atoms with E-state index in [1.165, 1.54) is 83.6 Å². The first-order valence-electron chi connectivity index (χ1n) is 10.7. The Balaban J connectivity index is -0.000000603. The average molecular weight is 391 g/mol. The maximum Gasteiger partial charge on any atom is 0.300 e. The number of aliphatic carboxylic acids is 2. The van der Waals surface area contributed by atoms with Gasteiger partial charge in [-0.2, -0.15) is 0 Å².